The van der Waals surface area contributed by atoms with E-state index in [9.17, 15) is 18.0 Å². The van der Waals surface area contributed by atoms with Crippen molar-refractivity contribution in [3.05, 3.63) is 0 Å². The Balaban J connectivity index is 3.86. The molecule has 0 aliphatic carbocycles. The van der Waals surface area contributed by atoms with Crippen LogP contribution in [0.2, 0.25) is 0 Å². The molecular weight excluding hydrogens is 215 g/mol. The Bertz CT molecular complexity index is 196. The van der Waals surface area contributed by atoms with Gasteiger partial charge in [-0.2, -0.15) is 13.2 Å². The van der Waals surface area contributed by atoms with Crippen LogP contribution in [-0.2, 0) is 9.53 Å². The van der Waals surface area contributed by atoms with Gasteiger partial charge in [-0.3, -0.25) is 4.79 Å². The van der Waals surface area contributed by atoms with Crippen LogP contribution in [0.15, 0.2) is 0 Å². The van der Waals surface area contributed by atoms with Crippen LogP contribution in [0.3, 0.4) is 0 Å². The first-order valence-electron chi connectivity index (χ1n) is 4.35. The molecule has 15 heavy (non-hydrogen) atoms. The molecule has 4 nitrogen and oxygen atoms in total. The molecule has 0 saturated carbocycles. The van der Waals surface area contributed by atoms with Crippen LogP contribution in [0.4, 0.5) is 13.2 Å². The molecule has 0 heterocycles. The van der Waals surface area contributed by atoms with Crippen molar-refractivity contribution in [2.75, 3.05) is 26.9 Å². The molecule has 1 atom stereocenters. The molecule has 2 N–H and O–H groups in total. The van der Waals surface area contributed by atoms with E-state index in [4.69, 9.17) is 5.11 Å². The molecule has 0 bridgehead atoms. The number of aliphatic hydroxyl groups excluding tert-OH is 1. The standard InChI is InChI=1S/C8H14F3NO3/c1-15-3-2-7(14)12-4-6(5-13)8(9,10)11/h6,13H,2-5H2,1H3,(H,12,14). The number of halogens is 3. The summed E-state index contributed by atoms with van der Waals surface area (Å²) in [6, 6.07) is 0. The normalized spacial score (nSPS) is 13.7. The maximum absolute atomic E-state index is 12.1. The van der Waals surface area contributed by atoms with Crippen molar-refractivity contribution in [1.29, 1.82) is 0 Å². The van der Waals surface area contributed by atoms with E-state index in [-0.39, 0.29) is 13.0 Å². The number of carbonyl (C=O) groups excluding carboxylic acids is 1. The van der Waals surface area contributed by atoms with Gasteiger partial charge in [-0.15, -0.1) is 0 Å². The third-order valence-corrected chi connectivity index (χ3v) is 1.76. The van der Waals surface area contributed by atoms with E-state index in [2.05, 4.69) is 10.1 Å². The Morgan fingerprint density at radius 2 is 2.13 bits per heavy atom. The van der Waals surface area contributed by atoms with Gasteiger partial charge in [0.1, 0.15) is 0 Å². The number of aliphatic hydroxyl groups is 1. The lowest BCUT2D eigenvalue weighted by molar-refractivity contribution is -0.182. The van der Waals surface area contributed by atoms with Crippen LogP contribution >= 0.6 is 0 Å². The first-order chi connectivity index (χ1) is 6.91. The number of nitrogens with one attached hydrogen (secondary N) is 1. The van der Waals surface area contributed by atoms with Crippen molar-refractivity contribution in [2.24, 2.45) is 5.92 Å². The van der Waals surface area contributed by atoms with Crippen molar-refractivity contribution in [2.45, 2.75) is 12.6 Å². The molecule has 0 aliphatic rings. The summed E-state index contributed by atoms with van der Waals surface area (Å²) in [5.41, 5.74) is 0. The second kappa shape index (κ2) is 6.62. The Morgan fingerprint density at radius 3 is 2.53 bits per heavy atom. The second-order valence-corrected chi connectivity index (χ2v) is 2.97. The Kier molecular flexibility index (Phi) is 6.26. The molecule has 0 aromatic heterocycles. The number of carbonyl (C=O) groups is 1. The molecule has 1 amide bonds. The summed E-state index contributed by atoms with van der Waals surface area (Å²) in [5, 5.41) is 10.5. The number of ether oxygens (including phenoxy) is 1. The topological polar surface area (TPSA) is 58.6 Å². The summed E-state index contributed by atoms with van der Waals surface area (Å²) in [6.07, 6.45) is -4.49. The highest BCUT2D eigenvalue weighted by atomic mass is 19.4. The van der Waals surface area contributed by atoms with Gasteiger partial charge in [0.25, 0.3) is 0 Å². The maximum Gasteiger partial charge on any atom is 0.395 e. The van der Waals surface area contributed by atoms with E-state index < -0.39 is 31.2 Å². The molecule has 7 heteroatoms. The number of methoxy groups -OCH3 is 1. The molecule has 0 aromatic rings. The quantitative estimate of drug-likeness (QED) is 0.689. The second-order valence-electron chi connectivity index (χ2n) is 2.97. The van der Waals surface area contributed by atoms with E-state index in [1.807, 2.05) is 0 Å². The average Bonchev–Trinajstić information content (AvgIpc) is 2.13. The Morgan fingerprint density at radius 1 is 1.53 bits per heavy atom. The van der Waals surface area contributed by atoms with Gasteiger partial charge in [0.2, 0.25) is 5.91 Å². The van der Waals surface area contributed by atoms with Gasteiger partial charge in [-0.25, -0.2) is 0 Å². The van der Waals surface area contributed by atoms with E-state index >= 15 is 0 Å². The average molecular weight is 229 g/mol. The summed E-state index contributed by atoms with van der Waals surface area (Å²) >= 11 is 0. The molecule has 0 aliphatic heterocycles. The summed E-state index contributed by atoms with van der Waals surface area (Å²) in [7, 11) is 1.39. The molecule has 0 fully saturated rings. The van der Waals surface area contributed by atoms with E-state index in [0.29, 0.717) is 0 Å². The smallest absolute Gasteiger partial charge is 0.395 e. The van der Waals surface area contributed by atoms with Crippen LogP contribution < -0.4 is 5.32 Å². The minimum Gasteiger partial charge on any atom is -0.396 e. The number of rotatable bonds is 6. The van der Waals surface area contributed by atoms with E-state index in [0.717, 1.165) is 0 Å². The lowest BCUT2D eigenvalue weighted by atomic mass is 10.1. The van der Waals surface area contributed by atoms with Crippen molar-refractivity contribution < 1.29 is 27.8 Å². The minimum absolute atomic E-state index is 0.00645. The highest BCUT2D eigenvalue weighted by molar-refractivity contribution is 5.75. The lowest BCUT2D eigenvalue weighted by Crippen LogP contribution is -2.38. The third-order valence-electron chi connectivity index (χ3n) is 1.76. The zero-order chi connectivity index (χ0) is 11.9. The Hall–Kier alpha value is -0.820. The first-order valence-corrected chi connectivity index (χ1v) is 4.35. The fourth-order valence-electron chi connectivity index (χ4n) is 0.804. The SMILES string of the molecule is COCCC(=O)NCC(CO)C(F)(F)F. The zero-order valence-corrected chi connectivity index (χ0v) is 8.30. The van der Waals surface area contributed by atoms with Gasteiger partial charge in [0.15, 0.2) is 0 Å². The molecule has 0 spiro atoms. The van der Waals surface area contributed by atoms with Gasteiger partial charge >= 0.3 is 6.18 Å². The number of hydrogen-bond donors (Lipinski definition) is 2. The van der Waals surface area contributed by atoms with Gasteiger partial charge in [-0.05, 0) is 0 Å². The largest absolute Gasteiger partial charge is 0.396 e. The molecule has 0 saturated heterocycles. The van der Waals surface area contributed by atoms with Crippen molar-refractivity contribution >= 4 is 5.91 Å². The van der Waals surface area contributed by atoms with Crippen molar-refractivity contribution in [1.82, 2.24) is 5.32 Å². The van der Waals surface area contributed by atoms with Crippen molar-refractivity contribution in [3.8, 4) is 0 Å². The fraction of sp³-hybridized carbons (Fsp3) is 0.875. The fourth-order valence-corrected chi connectivity index (χ4v) is 0.804. The predicted molar refractivity (Wildman–Crippen MR) is 46.1 cm³/mol. The molecule has 1 unspecified atom stereocenters. The van der Waals surface area contributed by atoms with Gasteiger partial charge in [-0.1, -0.05) is 0 Å². The summed E-state index contributed by atoms with van der Waals surface area (Å²) in [5.74, 6) is -2.44. The zero-order valence-electron chi connectivity index (χ0n) is 8.30. The first kappa shape index (κ1) is 14.2. The van der Waals surface area contributed by atoms with Gasteiger partial charge < -0.3 is 15.2 Å². The van der Waals surface area contributed by atoms with Crippen LogP contribution in [0.25, 0.3) is 0 Å². The van der Waals surface area contributed by atoms with Gasteiger partial charge in [0, 0.05) is 20.1 Å². The number of hydrogen-bond acceptors (Lipinski definition) is 3. The molecule has 0 aromatic carbocycles. The van der Waals surface area contributed by atoms with Gasteiger partial charge in [0.05, 0.1) is 19.1 Å². The predicted octanol–water partition coefficient (Wildman–Crippen LogP) is 0.310. The highest BCUT2D eigenvalue weighted by Crippen LogP contribution is 2.24. The van der Waals surface area contributed by atoms with Crippen LogP contribution in [0, 0.1) is 5.92 Å². The van der Waals surface area contributed by atoms with Crippen molar-refractivity contribution in [3.63, 3.8) is 0 Å². The summed E-state index contributed by atoms with van der Waals surface area (Å²) < 4.78 is 40.8. The summed E-state index contributed by atoms with van der Waals surface area (Å²) in [4.78, 5) is 10.9. The molecule has 0 radical (unpaired) electrons. The summed E-state index contributed by atoms with van der Waals surface area (Å²) in [6.45, 7) is -1.49. The number of alkyl halides is 3. The monoisotopic (exact) mass is 229 g/mol. The Labute approximate surface area is 85.4 Å². The molecular formula is C8H14F3NO3. The van der Waals surface area contributed by atoms with E-state index in [1.165, 1.54) is 7.11 Å². The lowest BCUT2D eigenvalue weighted by Gasteiger charge is -2.18. The molecule has 90 valence electrons. The highest BCUT2D eigenvalue weighted by Gasteiger charge is 2.38. The number of amides is 1. The minimum atomic E-state index is -4.50. The van der Waals surface area contributed by atoms with Crippen LogP contribution in [-0.4, -0.2) is 44.1 Å². The molecule has 0 rings (SSSR count). The van der Waals surface area contributed by atoms with Crippen LogP contribution in [0.1, 0.15) is 6.42 Å². The third kappa shape index (κ3) is 6.29. The van der Waals surface area contributed by atoms with E-state index in [1.54, 1.807) is 0 Å². The van der Waals surface area contributed by atoms with Crippen LogP contribution in [0.5, 0.6) is 0 Å². The maximum atomic E-state index is 12.1.